The summed E-state index contributed by atoms with van der Waals surface area (Å²) in [5.74, 6) is -0.307. The van der Waals surface area contributed by atoms with Crippen molar-refractivity contribution in [3.8, 4) is 0 Å². The van der Waals surface area contributed by atoms with Crippen molar-refractivity contribution in [2.45, 2.75) is 25.8 Å². The predicted octanol–water partition coefficient (Wildman–Crippen LogP) is 2.34. The molecule has 7 heteroatoms. The molecule has 2 rings (SSSR count). The monoisotopic (exact) mass is 284 g/mol. The summed E-state index contributed by atoms with van der Waals surface area (Å²) < 4.78 is 0. The lowest BCUT2D eigenvalue weighted by atomic mass is 10.0. The molecule has 0 amide bonds. The van der Waals surface area contributed by atoms with Gasteiger partial charge in [0.2, 0.25) is 0 Å². The van der Waals surface area contributed by atoms with Gasteiger partial charge in [0, 0.05) is 30.5 Å². The minimum Gasteiger partial charge on any atom is -0.481 e. The van der Waals surface area contributed by atoms with E-state index in [0.717, 1.165) is 37.4 Å². The van der Waals surface area contributed by atoms with Gasteiger partial charge in [0.1, 0.15) is 0 Å². The van der Waals surface area contributed by atoms with Crippen LogP contribution >= 0.6 is 11.3 Å². The normalized spacial score (nSPS) is 19.7. The van der Waals surface area contributed by atoms with E-state index in [2.05, 4.69) is 4.90 Å². The van der Waals surface area contributed by atoms with E-state index in [1.54, 1.807) is 6.07 Å². The molecule has 0 bridgehead atoms. The molecule has 1 saturated heterocycles. The van der Waals surface area contributed by atoms with Crippen molar-refractivity contribution in [3.05, 3.63) is 27.1 Å². The summed E-state index contributed by atoms with van der Waals surface area (Å²) in [5, 5.41) is 19.4. The van der Waals surface area contributed by atoms with Crippen molar-refractivity contribution >= 4 is 22.3 Å². The molecule has 1 atom stereocenters. The number of aliphatic carboxylic acids is 1. The summed E-state index contributed by atoms with van der Waals surface area (Å²) in [6.45, 7) is 2.55. The zero-order valence-electron chi connectivity index (χ0n) is 10.4. The summed E-state index contributed by atoms with van der Waals surface area (Å²) >= 11 is 1.21. The number of thiophene rings is 1. The number of likely N-dealkylation sites (tertiary alicyclic amines) is 1. The van der Waals surface area contributed by atoms with Crippen LogP contribution in [-0.4, -0.2) is 34.0 Å². The topological polar surface area (TPSA) is 83.7 Å². The highest BCUT2D eigenvalue weighted by Crippen LogP contribution is 2.28. The average molecular weight is 284 g/mol. The van der Waals surface area contributed by atoms with Crippen LogP contribution in [0, 0.1) is 16.0 Å². The SMILES string of the molecule is O=C(O)CCC1CCN(Cc2ccc([N+](=O)[O-])s2)C1. The third-order valence-corrected chi connectivity index (χ3v) is 4.36. The fourth-order valence-corrected chi connectivity index (χ4v) is 3.25. The molecule has 0 radical (unpaired) electrons. The van der Waals surface area contributed by atoms with Gasteiger partial charge in [-0.15, -0.1) is 0 Å². The molecule has 0 aromatic carbocycles. The van der Waals surface area contributed by atoms with Crippen LogP contribution in [0.5, 0.6) is 0 Å². The van der Waals surface area contributed by atoms with Crippen molar-refractivity contribution in [1.82, 2.24) is 4.90 Å². The van der Waals surface area contributed by atoms with E-state index in [-0.39, 0.29) is 16.3 Å². The first kappa shape index (κ1) is 14.0. The predicted molar refractivity (Wildman–Crippen MR) is 71.2 cm³/mol. The first-order valence-corrected chi connectivity index (χ1v) is 7.03. The summed E-state index contributed by atoms with van der Waals surface area (Å²) in [6, 6.07) is 3.34. The average Bonchev–Trinajstić information content (AvgIpc) is 2.96. The van der Waals surface area contributed by atoms with Gasteiger partial charge in [-0.3, -0.25) is 19.8 Å². The van der Waals surface area contributed by atoms with E-state index in [0.29, 0.717) is 5.92 Å². The number of nitrogens with zero attached hydrogens (tertiary/aromatic N) is 2. The number of carboxylic acids is 1. The Morgan fingerprint density at radius 3 is 3.00 bits per heavy atom. The molecule has 0 aliphatic carbocycles. The molecule has 1 aromatic heterocycles. The third kappa shape index (κ3) is 4.00. The maximum absolute atomic E-state index is 10.6. The van der Waals surface area contributed by atoms with Crippen LogP contribution in [0.1, 0.15) is 24.1 Å². The Labute approximate surface area is 114 Å². The standard InChI is InChI=1S/C12H16N2O4S/c15-12(16)4-1-9-5-6-13(7-9)8-10-2-3-11(19-10)14(17)18/h2-3,9H,1,4-8H2,(H,15,16). The highest BCUT2D eigenvalue weighted by molar-refractivity contribution is 7.15. The fourth-order valence-electron chi connectivity index (χ4n) is 2.39. The quantitative estimate of drug-likeness (QED) is 0.640. The molecule has 1 aliphatic rings. The molecular weight excluding hydrogens is 268 g/mol. The summed E-state index contributed by atoms with van der Waals surface area (Å²) in [7, 11) is 0. The Morgan fingerprint density at radius 2 is 2.37 bits per heavy atom. The fraction of sp³-hybridized carbons (Fsp3) is 0.583. The molecule has 2 heterocycles. The van der Waals surface area contributed by atoms with Gasteiger partial charge in [0.15, 0.2) is 0 Å². The third-order valence-electron chi connectivity index (χ3n) is 3.34. The van der Waals surface area contributed by atoms with Crippen LogP contribution in [0.25, 0.3) is 0 Å². The number of rotatable bonds is 6. The Kier molecular flexibility index (Phi) is 4.49. The van der Waals surface area contributed by atoms with Gasteiger partial charge in [0.25, 0.3) is 0 Å². The van der Waals surface area contributed by atoms with Crippen molar-refractivity contribution in [1.29, 1.82) is 0 Å². The van der Waals surface area contributed by atoms with Crippen LogP contribution in [0.4, 0.5) is 5.00 Å². The van der Waals surface area contributed by atoms with Gasteiger partial charge in [-0.2, -0.15) is 0 Å². The Balaban J connectivity index is 1.81. The number of hydrogen-bond acceptors (Lipinski definition) is 5. The van der Waals surface area contributed by atoms with Gasteiger partial charge in [-0.1, -0.05) is 11.3 Å². The van der Waals surface area contributed by atoms with Crippen molar-refractivity contribution in [2.24, 2.45) is 5.92 Å². The molecule has 104 valence electrons. The van der Waals surface area contributed by atoms with Gasteiger partial charge >= 0.3 is 11.0 Å². The lowest BCUT2D eigenvalue weighted by Gasteiger charge is -2.14. The molecule has 1 aromatic rings. The van der Waals surface area contributed by atoms with Crippen molar-refractivity contribution in [3.63, 3.8) is 0 Å². The lowest BCUT2D eigenvalue weighted by molar-refractivity contribution is -0.380. The molecular formula is C12H16N2O4S. The zero-order valence-corrected chi connectivity index (χ0v) is 11.3. The van der Waals surface area contributed by atoms with Crippen LogP contribution in [0.15, 0.2) is 12.1 Å². The van der Waals surface area contributed by atoms with Crippen LogP contribution in [0.2, 0.25) is 0 Å². The lowest BCUT2D eigenvalue weighted by Crippen LogP contribution is -2.19. The molecule has 0 saturated carbocycles. The second-order valence-electron chi connectivity index (χ2n) is 4.82. The molecule has 19 heavy (non-hydrogen) atoms. The molecule has 1 N–H and O–H groups in total. The van der Waals surface area contributed by atoms with Gasteiger partial charge in [0.05, 0.1) is 4.92 Å². The second-order valence-corrected chi connectivity index (χ2v) is 5.97. The van der Waals surface area contributed by atoms with E-state index in [1.807, 2.05) is 0 Å². The van der Waals surface area contributed by atoms with Gasteiger partial charge in [-0.25, -0.2) is 0 Å². The first-order valence-electron chi connectivity index (χ1n) is 6.22. The van der Waals surface area contributed by atoms with Gasteiger partial charge < -0.3 is 5.11 Å². The molecule has 1 aliphatic heterocycles. The van der Waals surface area contributed by atoms with E-state index < -0.39 is 5.97 Å². The van der Waals surface area contributed by atoms with Crippen molar-refractivity contribution < 1.29 is 14.8 Å². The summed E-state index contributed by atoms with van der Waals surface area (Å²) in [4.78, 5) is 24.0. The van der Waals surface area contributed by atoms with E-state index in [9.17, 15) is 14.9 Å². The second kappa shape index (κ2) is 6.12. The smallest absolute Gasteiger partial charge is 0.324 e. The zero-order chi connectivity index (χ0) is 13.8. The summed E-state index contributed by atoms with van der Waals surface area (Å²) in [6.07, 6.45) is 1.96. The van der Waals surface area contributed by atoms with Crippen LogP contribution in [0.3, 0.4) is 0 Å². The minimum absolute atomic E-state index is 0.177. The number of carbonyl (C=O) groups is 1. The minimum atomic E-state index is -0.743. The van der Waals surface area contributed by atoms with Crippen molar-refractivity contribution in [2.75, 3.05) is 13.1 Å². The van der Waals surface area contributed by atoms with E-state index >= 15 is 0 Å². The Morgan fingerprint density at radius 1 is 1.58 bits per heavy atom. The highest BCUT2D eigenvalue weighted by atomic mass is 32.1. The molecule has 0 spiro atoms. The van der Waals surface area contributed by atoms with Crippen LogP contribution < -0.4 is 0 Å². The van der Waals surface area contributed by atoms with E-state index in [1.165, 1.54) is 17.4 Å². The maximum Gasteiger partial charge on any atom is 0.324 e. The first-order chi connectivity index (χ1) is 9.04. The number of carboxylic acid groups (broad SMARTS) is 1. The molecule has 1 fully saturated rings. The van der Waals surface area contributed by atoms with Gasteiger partial charge in [-0.05, 0) is 31.4 Å². The number of nitro groups is 1. The molecule has 6 nitrogen and oxygen atoms in total. The van der Waals surface area contributed by atoms with E-state index in [4.69, 9.17) is 5.11 Å². The van der Waals surface area contributed by atoms with Crippen LogP contribution in [-0.2, 0) is 11.3 Å². The molecule has 1 unspecified atom stereocenters. The number of hydrogen-bond donors (Lipinski definition) is 1. The highest BCUT2D eigenvalue weighted by Gasteiger charge is 2.23. The largest absolute Gasteiger partial charge is 0.481 e. The Bertz CT molecular complexity index is 474. The summed E-state index contributed by atoms with van der Waals surface area (Å²) in [5.41, 5.74) is 0. The maximum atomic E-state index is 10.6. The Hall–Kier alpha value is -1.47.